The van der Waals surface area contributed by atoms with Crippen molar-refractivity contribution >= 4 is 11.4 Å². The first-order valence-corrected chi connectivity index (χ1v) is 4.79. The molecule has 0 unspecified atom stereocenters. The van der Waals surface area contributed by atoms with Crippen LogP contribution in [0.1, 0.15) is 12.8 Å². The molecule has 1 saturated carbocycles. The van der Waals surface area contributed by atoms with E-state index in [4.69, 9.17) is 4.74 Å². The first-order valence-electron chi connectivity index (χ1n) is 4.79. The minimum Gasteiger partial charge on any atom is -0.490 e. The van der Waals surface area contributed by atoms with Crippen LogP contribution < -0.4 is 10.1 Å². The molecule has 0 aliphatic heterocycles. The Balaban J connectivity index is 2.26. The second-order valence-corrected chi connectivity index (χ2v) is 3.56. The molecule has 1 N–H and O–H groups in total. The second-order valence-electron chi connectivity index (χ2n) is 3.56. The van der Waals surface area contributed by atoms with Crippen LogP contribution in [0.5, 0.6) is 5.75 Å². The van der Waals surface area contributed by atoms with E-state index in [2.05, 4.69) is 5.32 Å². The highest BCUT2D eigenvalue weighted by atomic mass is 16.6. The van der Waals surface area contributed by atoms with Gasteiger partial charge in [-0.25, -0.2) is 0 Å². The third kappa shape index (κ3) is 2.18. The summed E-state index contributed by atoms with van der Waals surface area (Å²) in [6.45, 7) is 0. The lowest BCUT2D eigenvalue weighted by atomic mass is 10.2. The Bertz CT molecular complexity index is 388. The third-order valence-corrected chi connectivity index (χ3v) is 2.32. The molecule has 1 aromatic carbocycles. The number of nitrogens with one attached hydrogen (secondary N) is 1. The van der Waals surface area contributed by atoms with Crippen LogP contribution >= 0.6 is 0 Å². The standard InChI is InChI=1S/C10H12N2O3/c1-15-10-5-4-8(11-7-2-3-7)6-9(10)12(13)14/h4-7,11H,2-3H2,1H3. The van der Waals surface area contributed by atoms with Gasteiger partial charge in [-0.1, -0.05) is 0 Å². The number of ether oxygens (including phenoxy) is 1. The fraction of sp³-hybridized carbons (Fsp3) is 0.400. The summed E-state index contributed by atoms with van der Waals surface area (Å²) in [5.74, 6) is 0.293. The molecule has 0 saturated heterocycles. The average molecular weight is 208 g/mol. The Kier molecular flexibility index (Phi) is 2.45. The summed E-state index contributed by atoms with van der Waals surface area (Å²) in [7, 11) is 1.43. The number of nitro groups is 1. The summed E-state index contributed by atoms with van der Waals surface area (Å²) in [4.78, 5) is 10.3. The molecule has 0 bridgehead atoms. The van der Waals surface area contributed by atoms with Gasteiger partial charge in [-0.3, -0.25) is 10.1 Å². The SMILES string of the molecule is COc1ccc(NC2CC2)cc1[N+](=O)[O-]. The molecular formula is C10H12N2O3. The molecule has 0 atom stereocenters. The minimum atomic E-state index is -0.434. The predicted molar refractivity (Wildman–Crippen MR) is 56.3 cm³/mol. The summed E-state index contributed by atoms with van der Waals surface area (Å²) >= 11 is 0. The van der Waals surface area contributed by atoms with Crippen LogP contribution in [-0.4, -0.2) is 18.1 Å². The van der Waals surface area contributed by atoms with Crippen molar-refractivity contribution < 1.29 is 9.66 Å². The number of rotatable bonds is 4. The van der Waals surface area contributed by atoms with Gasteiger partial charge in [0, 0.05) is 17.8 Å². The number of methoxy groups -OCH3 is 1. The summed E-state index contributed by atoms with van der Waals surface area (Å²) in [6, 6.07) is 5.41. The molecule has 0 aromatic heterocycles. The molecule has 1 aliphatic carbocycles. The smallest absolute Gasteiger partial charge is 0.312 e. The van der Waals surface area contributed by atoms with Crippen LogP contribution in [0.4, 0.5) is 11.4 Å². The fourth-order valence-corrected chi connectivity index (χ4v) is 1.39. The number of nitro benzene ring substituents is 1. The maximum Gasteiger partial charge on any atom is 0.312 e. The van der Waals surface area contributed by atoms with Crippen LogP contribution in [0.2, 0.25) is 0 Å². The number of benzene rings is 1. The van der Waals surface area contributed by atoms with Crippen LogP contribution in [0, 0.1) is 10.1 Å². The lowest BCUT2D eigenvalue weighted by molar-refractivity contribution is -0.385. The number of anilines is 1. The first-order chi connectivity index (χ1) is 7.20. The zero-order chi connectivity index (χ0) is 10.8. The van der Waals surface area contributed by atoms with E-state index < -0.39 is 4.92 Å². The molecule has 0 radical (unpaired) electrons. The molecule has 1 aromatic rings. The van der Waals surface area contributed by atoms with Gasteiger partial charge in [-0.15, -0.1) is 0 Å². The molecule has 0 amide bonds. The predicted octanol–water partition coefficient (Wildman–Crippen LogP) is 2.18. The molecular weight excluding hydrogens is 196 g/mol. The summed E-state index contributed by atoms with van der Waals surface area (Å²) in [6.07, 6.45) is 2.28. The maximum absolute atomic E-state index is 10.7. The van der Waals surface area contributed by atoms with Crippen molar-refractivity contribution in [1.82, 2.24) is 0 Å². The van der Waals surface area contributed by atoms with Gasteiger partial charge in [0.1, 0.15) is 0 Å². The van der Waals surface area contributed by atoms with Gasteiger partial charge in [-0.2, -0.15) is 0 Å². The number of nitrogens with zero attached hydrogens (tertiary/aromatic N) is 1. The lowest BCUT2D eigenvalue weighted by Crippen LogP contribution is -2.02. The Morgan fingerprint density at radius 3 is 2.80 bits per heavy atom. The van der Waals surface area contributed by atoms with Gasteiger partial charge in [0.05, 0.1) is 12.0 Å². The normalized spacial score (nSPS) is 14.7. The van der Waals surface area contributed by atoms with Crippen LogP contribution in [0.25, 0.3) is 0 Å². The Morgan fingerprint density at radius 1 is 1.53 bits per heavy atom. The third-order valence-electron chi connectivity index (χ3n) is 2.32. The van der Waals surface area contributed by atoms with Gasteiger partial charge in [0.25, 0.3) is 0 Å². The quantitative estimate of drug-likeness (QED) is 0.608. The van der Waals surface area contributed by atoms with Gasteiger partial charge >= 0.3 is 5.69 Å². The molecule has 5 heteroatoms. The summed E-state index contributed by atoms with van der Waals surface area (Å²) < 4.78 is 4.91. The van der Waals surface area contributed by atoms with Crippen molar-refractivity contribution in [1.29, 1.82) is 0 Å². The zero-order valence-electron chi connectivity index (χ0n) is 8.40. The highest BCUT2D eigenvalue weighted by Gasteiger charge is 2.22. The van der Waals surface area contributed by atoms with E-state index >= 15 is 0 Å². The Hall–Kier alpha value is -1.78. The molecule has 2 rings (SSSR count). The van der Waals surface area contributed by atoms with Crippen molar-refractivity contribution in [2.24, 2.45) is 0 Å². The number of hydrogen-bond acceptors (Lipinski definition) is 4. The molecule has 1 fully saturated rings. The van der Waals surface area contributed by atoms with E-state index in [-0.39, 0.29) is 5.69 Å². The monoisotopic (exact) mass is 208 g/mol. The van der Waals surface area contributed by atoms with E-state index in [9.17, 15) is 10.1 Å². The van der Waals surface area contributed by atoms with E-state index in [1.54, 1.807) is 12.1 Å². The van der Waals surface area contributed by atoms with E-state index in [1.165, 1.54) is 13.2 Å². The average Bonchev–Trinajstić information content (AvgIpc) is 3.01. The van der Waals surface area contributed by atoms with Crippen molar-refractivity contribution in [3.05, 3.63) is 28.3 Å². The van der Waals surface area contributed by atoms with Gasteiger partial charge in [0.2, 0.25) is 0 Å². The largest absolute Gasteiger partial charge is 0.490 e. The molecule has 1 aliphatic rings. The Morgan fingerprint density at radius 2 is 2.27 bits per heavy atom. The zero-order valence-corrected chi connectivity index (χ0v) is 8.40. The van der Waals surface area contributed by atoms with Crippen molar-refractivity contribution in [3.8, 4) is 5.75 Å². The van der Waals surface area contributed by atoms with Crippen molar-refractivity contribution in [2.75, 3.05) is 12.4 Å². The summed E-state index contributed by atoms with van der Waals surface area (Å²) in [5.41, 5.74) is 0.785. The van der Waals surface area contributed by atoms with Crippen LogP contribution in [0.15, 0.2) is 18.2 Å². The maximum atomic E-state index is 10.7. The second kappa shape index (κ2) is 3.76. The molecule has 80 valence electrons. The van der Waals surface area contributed by atoms with Crippen LogP contribution in [-0.2, 0) is 0 Å². The van der Waals surface area contributed by atoms with E-state index in [1.807, 2.05) is 0 Å². The van der Waals surface area contributed by atoms with Gasteiger partial charge < -0.3 is 10.1 Å². The van der Waals surface area contributed by atoms with Crippen molar-refractivity contribution in [2.45, 2.75) is 18.9 Å². The minimum absolute atomic E-state index is 0.00292. The van der Waals surface area contributed by atoms with E-state index in [0.29, 0.717) is 11.8 Å². The van der Waals surface area contributed by atoms with Gasteiger partial charge in [-0.05, 0) is 25.0 Å². The van der Waals surface area contributed by atoms with Gasteiger partial charge in [0.15, 0.2) is 5.75 Å². The topological polar surface area (TPSA) is 64.4 Å². The molecule has 0 spiro atoms. The fourth-order valence-electron chi connectivity index (χ4n) is 1.39. The first kappa shape index (κ1) is 9.76. The highest BCUT2D eigenvalue weighted by Crippen LogP contribution is 2.32. The Labute approximate surface area is 87.2 Å². The van der Waals surface area contributed by atoms with Crippen LogP contribution in [0.3, 0.4) is 0 Å². The lowest BCUT2D eigenvalue weighted by Gasteiger charge is -2.06. The highest BCUT2D eigenvalue weighted by molar-refractivity contribution is 5.59. The molecule has 5 nitrogen and oxygen atoms in total. The van der Waals surface area contributed by atoms with Crippen molar-refractivity contribution in [3.63, 3.8) is 0 Å². The summed E-state index contributed by atoms with van der Waals surface area (Å²) in [5, 5.41) is 13.9. The van der Waals surface area contributed by atoms with E-state index in [0.717, 1.165) is 18.5 Å². The molecule has 15 heavy (non-hydrogen) atoms. The number of hydrogen-bond donors (Lipinski definition) is 1. The molecule has 0 heterocycles.